The van der Waals surface area contributed by atoms with Crippen molar-refractivity contribution in [1.82, 2.24) is 5.32 Å². The van der Waals surface area contributed by atoms with E-state index in [9.17, 15) is 0 Å². The molecule has 0 atom stereocenters. The minimum Gasteiger partial charge on any atom is -0.358 e. The number of benzene rings is 1. The van der Waals surface area contributed by atoms with E-state index in [1.165, 1.54) is 39.3 Å². The summed E-state index contributed by atoms with van der Waals surface area (Å²) in [5, 5.41) is 7.84. The van der Waals surface area contributed by atoms with Gasteiger partial charge >= 0.3 is 0 Å². The van der Waals surface area contributed by atoms with Gasteiger partial charge in [-0.05, 0) is 38.2 Å². The van der Waals surface area contributed by atoms with E-state index in [2.05, 4.69) is 36.6 Å². The molecule has 4 aliphatic heterocycles. The first-order valence-corrected chi connectivity index (χ1v) is 9.17. The molecule has 4 aliphatic rings. The molecule has 23 heavy (non-hydrogen) atoms. The van der Waals surface area contributed by atoms with Gasteiger partial charge < -0.3 is 20.4 Å². The van der Waals surface area contributed by atoms with Gasteiger partial charge in [-0.2, -0.15) is 0 Å². The van der Waals surface area contributed by atoms with Crippen LogP contribution in [0.25, 0.3) is 0 Å². The molecule has 4 N–H and O–H groups in total. The molecular weight excluding hydrogens is 304 g/mol. The fraction of sp³-hybridized carbons (Fsp3) is 0.611. The van der Waals surface area contributed by atoms with E-state index in [0.717, 1.165) is 10.8 Å². The number of piperidine rings is 2. The molecule has 4 fully saturated rings. The molecule has 4 bridgehead atoms. The SMILES string of the molecule is CC12C[NH+]3CC[NH+](C1)CC(C)(C3)C2NC(=S)Nc1ccccc1. The van der Waals surface area contributed by atoms with E-state index in [-0.39, 0.29) is 0 Å². The Hall–Kier alpha value is -1.17. The maximum atomic E-state index is 5.63. The second-order valence-electron chi connectivity index (χ2n) is 8.41. The Morgan fingerprint density at radius 2 is 1.52 bits per heavy atom. The molecule has 5 rings (SSSR count). The van der Waals surface area contributed by atoms with Gasteiger partial charge in [0.1, 0.15) is 13.1 Å². The molecule has 1 aromatic carbocycles. The zero-order chi connectivity index (χ0) is 16.1. The van der Waals surface area contributed by atoms with Gasteiger partial charge in [0.05, 0.1) is 43.1 Å². The van der Waals surface area contributed by atoms with Crippen molar-refractivity contribution in [1.29, 1.82) is 0 Å². The smallest absolute Gasteiger partial charge is 0.171 e. The number of anilines is 1. The Balaban J connectivity index is 1.53. The fourth-order valence-electron chi connectivity index (χ4n) is 5.66. The molecule has 0 aliphatic carbocycles. The third-order valence-electron chi connectivity index (χ3n) is 6.15. The van der Waals surface area contributed by atoms with Crippen LogP contribution in [-0.2, 0) is 0 Å². The van der Waals surface area contributed by atoms with Crippen LogP contribution in [0.5, 0.6) is 0 Å². The second kappa shape index (κ2) is 5.43. The van der Waals surface area contributed by atoms with Crippen LogP contribution in [0.1, 0.15) is 13.8 Å². The van der Waals surface area contributed by atoms with Crippen molar-refractivity contribution in [3.63, 3.8) is 0 Å². The van der Waals surface area contributed by atoms with Crippen LogP contribution in [0.4, 0.5) is 5.69 Å². The lowest BCUT2D eigenvalue weighted by atomic mass is 9.62. The second-order valence-corrected chi connectivity index (χ2v) is 8.82. The Morgan fingerprint density at radius 3 is 2.04 bits per heavy atom. The summed E-state index contributed by atoms with van der Waals surface area (Å²) >= 11 is 5.63. The normalized spacial score (nSPS) is 41.4. The fourth-order valence-corrected chi connectivity index (χ4v) is 5.89. The van der Waals surface area contributed by atoms with Gasteiger partial charge in [0, 0.05) is 5.69 Å². The lowest BCUT2D eigenvalue weighted by Gasteiger charge is -2.55. The van der Waals surface area contributed by atoms with Crippen molar-refractivity contribution in [2.24, 2.45) is 10.8 Å². The highest BCUT2D eigenvalue weighted by Gasteiger charge is 2.62. The van der Waals surface area contributed by atoms with E-state index >= 15 is 0 Å². The quantitative estimate of drug-likeness (QED) is 0.534. The molecule has 4 heterocycles. The first-order valence-electron chi connectivity index (χ1n) is 8.77. The van der Waals surface area contributed by atoms with Crippen LogP contribution >= 0.6 is 12.2 Å². The standard InChI is InChI=1S/C18H26N4S/c1-17-10-21-8-9-22(11-17)13-18(2,12-21)15(17)20-16(23)19-14-6-4-3-5-7-14/h3-7,15H,8-13H2,1-2H3,(H2,19,20,23)/p+2. The number of hydrogen-bond acceptors (Lipinski definition) is 1. The first kappa shape index (κ1) is 15.4. The molecule has 124 valence electrons. The van der Waals surface area contributed by atoms with Gasteiger partial charge in [-0.25, -0.2) is 0 Å². The largest absolute Gasteiger partial charge is 0.358 e. The maximum Gasteiger partial charge on any atom is 0.171 e. The third-order valence-corrected chi connectivity index (χ3v) is 6.37. The molecule has 0 spiro atoms. The summed E-state index contributed by atoms with van der Waals surface area (Å²) in [6, 6.07) is 10.7. The number of fused-ring (bicyclic) bond motifs is 1. The number of nitrogens with one attached hydrogen (secondary N) is 4. The summed E-state index contributed by atoms with van der Waals surface area (Å²) in [5.41, 5.74) is 1.72. The highest BCUT2D eigenvalue weighted by molar-refractivity contribution is 7.80. The Kier molecular flexibility index (Phi) is 3.63. The summed E-state index contributed by atoms with van der Waals surface area (Å²) in [5.74, 6) is 0. The molecule has 0 saturated carbocycles. The number of thiocarbonyl (C=S) groups is 1. The van der Waals surface area contributed by atoms with Crippen molar-refractivity contribution in [3.8, 4) is 0 Å². The maximum absolute atomic E-state index is 5.63. The van der Waals surface area contributed by atoms with E-state index in [4.69, 9.17) is 12.2 Å². The molecule has 1 aromatic rings. The summed E-state index contributed by atoms with van der Waals surface area (Å²) < 4.78 is 0. The van der Waals surface area contributed by atoms with Gasteiger partial charge in [0.2, 0.25) is 0 Å². The minimum absolute atomic E-state index is 0.328. The zero-order valence-electron chi connectivity index (χ0n) is 14.1. The predicted molar refractivity (Wildman–Crippen MR) is 96.9 cm³/mol. The summed E-state index contributed by atoms with van der Waals surface area (Å²) in [4.78, 5) is 3.59. The average Bonchev–Trinajstić information content (AvgIpc) is 2.70. The van der Waals surface area contributed by atoms with E-state index in [1.807, 2.05) is 18.2 Å². The van der Waals surface area contributed by atoms with Crippen LogP contribution < -0.4 is 20.4 Å². The average molecular weight is 333 g/mol. The van der Waals surface area contributed by atoms with Crippen molar-refractivity contribution in [3.05, 3.63) is 30.3 Å². The van der Waals surface area contributed by atoms with Crippen LogP contribution in [0.3, 0.4) is 0 Å². The number of hydrogen-bond donors (Lipinski definition) is 4. The van der Waals surface area contributed by atoms with Crippen molar-refractivity contribution < 1.29 is 9.80 Å². The zero-order valence-corrected chi connectivity index (χ0v) is 14.9. The van der Waals surface area contributed by atoms with Crippen molar-refractivity contribution in [2.45, 2.75) is 19.9 Å². The topological polar surface area (TPSA) is 32.9 Å². The molecule has 0 aromatic heterocycles. The van der Waals surface area contributed by atoms with Gasteiger partial charge in [0.15, 0.2) is 5.11 Å². The first-order chi connectivity index (χ1) is 11.0. The van der Waals surface area contributed by atoms with Crippen LogP contribution in [-0.4, -0.2) is 50.4 Å². The minimum atomic E-state index is 0.328. The molecule has 0 unspecified atom stereocenters. The Bertz CT molecular complexity index is 564. The molecule has 4 saturated heterocycles. The highest BCUT2D eigenvalue weighted by Crippen LogP contribution is 2.37. The van der Waals surface area contributed by atoms with E-state index < -0.39 is 0 Å². The molecule has 5 heteroatoms. The molecular formula is C18H28N4S+2. The monoisotopic (exact) mass is 332 g/mol. The summed E-state index contributed by atoms with van der Waals surface area (Å²) in [6.45, 7) is 12.7. The summed E-state index contributed by atoms with van der Waals surface area (Å²) in [7, 11) is 0. The number of rotatable bonds is 2. The summed E-state index contributed by atoms with van der Waals surface area (Å²) in [6.07, 6.45) is 0. The van der Waals surface area contributed by atoms with Crippen molar-refractivity contribution >= 4 is 23.0 Å². The van der Waals surface area contributed by atoms with Crippen molar-refractivity contribution in [2.75, 3.05) is 44.6 Å². The van der Waals surface area contributed by atoms with Gasteiger partial charge in [0.25, 0.3) is 0 Å². The number of quaternary nitrogens is 2. The number of para-hydroxylation sites is 1. The lowest BCUT2D eigenvalue weighted by molar-refractivity contribution is -0.918. The van der Waals surface area contributed by atoms with Gasteiger partial charge in [-0.1, -0.05) is 18.2 Å². The lowest BCUT2D eigenvalue weighted by Crippen LogP contribution is -3.19. The Morgan fingerprint density at radius 1 is 1.00 bits per heavy atom. The molecule has 0 amide bonds. The van der Waals surface area contributed by atoms with Crippen LogP contribution in [0.15, 0.2) is 30.3 Å². The van der Waals surface area contributed by atoms with Crippen LogP contribution in [0, 0.1) is 10.8 Å². The highest BCUT2D eigenvalue weighted by atomic mass is 32.1. The van der Waals surface area contributed by atoms with Gasteiger partial charge in [-0.15, -0.1) is 0 Å². The van der Waals surface area contributed by atoms with E-state index in [1.54, 1.807) is 9.80 Å². The molecule has 0 radical (unpaired) electrons. The predicted octanol–water partition coefficient (Wildman–Crippen LogP) is -0.835. The Labute approximate surface area is 144 Å². The molecule has 4 nitrogen and oxygen atoms in total. The van der Waals surface area contributed by atoms with E-state index in [0.29, 0.717) is 16.9 Å². The third kappa shape index (κ3) is 2.75. The van der Waals surface area contributed by atoms with Crippen LogP contribution in [0.2, 0.25) is 0 Å². The van der Waals surface area contributed by atoms with Gasteiger partial charge in [-0.3, -0.25) is 0 Å².